The van der Waals surface area contributed by atoms with Crippen LogP contribution in [0.1, 0.15) is 42.6 Å². The van der Waals surface area contributed by atoms with Crippen molar-refractivity contribution in [3.8, 4) is 0 Å². The van der Waals surface area contributed by atoms with Crippen molar-refractivity contribution in [1.29, 1.82) is 0 Å². The van der Waals surface area contributed by atoms with Gasteiger partial charge in [-0.05, 0) is 58.0 Å². The fourth-order valence-electron chi connectivity index (χ4n) is 2.66. The molecule has 0 amide bonds. The lowest BCUT2D eigenvalue weighted by Crippen LogP contribution is -2.48. The van der Waals surface area contributed by atoms with E-state index in [1.165, 1.54) is 0 Å². The first-order valence-corrected chi connectivity index (χ1v) is 6.80. The Labute approximate surface area is 120 Å². The molecule has 2 nitrogen and oxygen atoms in total. The van der Waals surface area contributed by atoms with Crippen LogP contribution >= 0.6 is 0 Å². The number of carbonyl (C=O) groups excluding carboxylic acids is 1. The van der Waals surface area contributed by atoms with Crippen molar-refractivity contribution in [3.05, 3.63) is 35.1 Å². The number of nitrogens with zero attached hydrogens (tertiary/aromatic N) is 1. The molecule has 21 heavy (non-hydrogen) atoms. The van der Waals surface area contributed by atoms with E-state index in [9.17, 15) is 22.4 Å². The fourth-order valence-corrected chi connectivity index (χ4v) is 2.66. The molecule has 116 valence electrons. The first kappa shape index (κ1) is 15.9. The van der Waals surface area contributed by atoms with E-state index in [1.54, 1.807) is 13.8 Å². The van der Waals surface area contributed by atoms with Crippen LogP contribution in [0.3, 0.4) is 0 Å². The second-order valence-corrected chi connectivity index (χ2v) is 5.77. The third-order valence-electron chi connectivity index (χ3n) is 3.99. The van der Waals surface area contributed by atoms with Gasteiger partial charge in [0, 0.05) is 5.56 Å². The molecule has 1 aromatic carbocycles. The number of alkyl halides is 3. The van der Waals surface area contributed by atoms with E-state index < -0.39 is 28.9 Å². The Kier molecular flexibility index (Phi) is 4.10. The predicted octanol–water partition coefficient (Wildman–Crippen LogP) is 3.90. The zero-order chi connectivity index (χ0) is 15.8. The number of hydrogen-bond donors (Lipinski definition) is 0. The van der Waals surface area contributed by atoms with Gasteiger partial charge in [0.1, 0.15) is 5.82 Å². The number of rotatable bonds is 3. The maximum absolute atomic E-state index is 13.3. The van der Waals surface area contributed by atoms with Crippen molar-refractivity contribution >= 4 is 5.78 Å². The second kappa shape index (κ2) is 5.40. The standard InChI is InChI=1S/C15H17F4NO/c1-14(2,20-7-3-4-8-20)13(21)10-5-6-12(16)11(9-10)15(17,18)19/h5-6,9H,3-4,7-8H2,1-2H3. The molecule has 1 aliphatic heterocycles. The molecule has 1 aliphatic rings. The average Bonchev–Trinajstić information content (AvgIpc) is 2.91. The number of benzene rings is 1. The summed E-state index contributed by atoms with van der Waals surface area (Å²) in [5, 5.41) is 0. The minimum Gasteiger partial charge on any atom is -0.292 e. The molecule has 1 fully saturated rings. The quantitative estimate of drug-likeness (QED) is 0.623. The molecule has 0 spiro atoms. The molecular weight excluding hydrogens is 286 g/mol. The van der Waals surface area contributed by atoms with Crippen LogP contribution in [0.2, 0.25) is 0 Å². The molecule has 0 saturated carbocycles. The van der Waals surface area contributed by atoms with Gasteiger partial charge in [-0.3, -0.25) is 9.69 Å². The van der Waals surface area contributed by atoms with Crippen molar-refractivity contribution in [3.63, 3.8) is 0 Å². The van der Waals surface area contributed by atoms with Gasteiger partial charge in [-0.1, -0.05) is 0 Å². The van der Waals surface area contributed by atoms with Crippen LogP contribution < -0.4 is 0 Å². The third-order valence-corrected chi connectivity index (χ3v) is 3.99. The zero-order valence-electron chi connectivity index (χ0n) is 11.9. The number of Topliss-reactive ketones (excluding diaryl/α,β-unsaturated/α-hetero) is 1. The average molecular weight is 303 g/mol. The molecule has 6 heteroatoms. The predicted molar refractivity (Wildman–Crippen MR) is 70.6 cm³/mol. The Hall–Kier alpha value is -1.43. The maximum Gasteiger partial charge on any atom is 0.419 e. The molecule has 0 radical (unpaired) electrons. The van der Waals surface area contributed by atoms with Crippen LogP contribution in [0.5, 0.6) is 0 Å². The molecule has 1 aromatic rings. The fraction of sp³-hybridized carbons (Fsp3) is 0.533. The Morgan fingerprint density at radius 2 is 1.71 bits per heavy atom. The zero-order valence-corrected chi connectivity index (χ0v) is 11.9. The summed E-state index contributed by atoms with van der Waals surface area (Å²) in [7, 11) is 0. The van der Waals surface area contributed by atoms with Gasteiger partial charge >= 0.3 is 6.18 Å². The van der Waals surface area contributed by atoms with Crippen LogP contribution in [0, 0.1) is 5.82 Å². The monoisotopic (exact) mass is 303 g/mol. The highest BCUT2D eigenvalue weighted by atomic mass is 19.4. The Bertz CT molecular complexity index is 545. The van der Waals surface area contributed by atoms with Gasteiger partial charge in [-0.2, -0.15) is 13.2 Å². The van der Waals surface area contributed by atoms with E-state index in [0.717, 1.165) is 32.0 Å². The Balaban J connectivity index is 2.35. The summed E-state index contributed by atoms with van der Waals surface area (Å²) in [5.74, 6) is -1.78. The van der Waals surface area contributed by atoms with E-state index in [4.69, 9.17) is 0 Å². The highest BCUT2D eigenvalue weighted by molar-refractivity contribution is 6.02. The Morgan fingerprint density at radius 1 is 1.14 bits per heavy atom. The molecule has 0 N–H and O–H groups in total. The van der Waals surface area contributed by atoms with E-state index in [0.29, 0.717) is 12.1 Å². The largest absolute Gasteiger partial charge is 0.419 e. The lowest BCUT2D eigenvalue weighted by Gasteiger charge is -2.34. The molecule has 0 atom stereocenters. The van der Waals surface area contributed by atoms with Crippen molar-refractivity contribution < 1.29 is 22.4 Å². The van der Waals surface area contributed by atoms with E-state index in [2.05, 4.69) is 0 Å². The molecular formula is C15H17F4NO. The van der Waals surface area contributed by atoms with Crippen LogP contribution in [0.4, 0.5) is 17.6 Å². The molecule has 0 aromatic heterocycles. The van der Waals surface area contributed by atoms with Gasteiger partial charge in [0.15, 0.2) is 5.78 Å². The van der Waals surface area contributed by atoms with E-state index in [-0.39, 0.29) is 5.56 Å². The SMILES string of the molecule is CC(C)(C(=O)c1ccc(F)c(C(F)(F)F)c1)N1CCCC1. The molecule has 2 rings (SSSR count). The van der Waals surface area contributed by atoms with Crippen molar-refractivity contribution in [1.82, 2.24) is 4.90 Å². The van der Waals surface area contributed by atoms with Gasteiger partial charge in [-0.15, -0.1) is 0 Å². The van der Waals surface area contributed by atoms with Gasteiger partial charge in [-0.25, -0.2) is 4.39 Å². The molecule has 1 saturated heterocycles. The highest BCUT2D eigenvalue weighted by Crippen LogP contribution is 2.33. The lowest BCUT2D eigenvalue weighted by molar-refractivity contribution is -0.140. The first-order chi connectivity index (χ1) is 9.64. The topological polar surface area (TPSA) is 20.3 Å². The summed E-state index contributed by atoms with van der Waals surface area (Å²) < 4.78 is 51.5. The summed E-state index contributed by atoms with van der Waals surface area (Å²) in [6, 6.07) is 2.43. The second-order valence-electron chi connectivity index (χ2n) is 5.77. The molecule has 0 unspecified atom stereocenters. The van der Waals surface area contributed by atoms with Gasteiger partial charge in [0.05, 0.1) is 11.1 Å². The van der Waals surface area contributed by atoms with Crippen LogP contribution in [0.25, 0.3) is 0 Å². The minimum atomic E-state index is -4.81. The first-order valence-electron chi connectivity index (χ1n) is 6.80. The van der Waals surface area contributed by atoms with Crippen molar-refractivity contribution in [2.45, 2.75) is 38.4 Å². The summed E-state index contributed by atoms with van der Waals surface area (Å²) in [4.78, 5) is 14.5. The van der Waals surface area contributed by atoms with Crippen LogP contribution in [0.15, 0.2) is 18.2 Å². The number of ketones is 1. The van der Waals surface area contributed by atoms with E-state index in [1.807, 2.05) is 4.90 Å². The van der Waals surface area contributed by atoms with Gasteiger partial charge < -0.3 is 0 Å². The number of carbonyl (C=O) groups is 1. The lowest BCUT2D eigenvalue weighted by atomic mass is 9.90. The molecule has 0 aliphatic carbocycles. The van der Waals surface area contributed by atoms with Crippen LogP contribution in [-0.4, -0.2) is 29.3 Å². The summed E-state index contributed by atoms with van der Waals surface area (Å²) >= 11 is 0. The third kappa shape index (κ3) is 3.10. The number of likely N-dealkylation sites (tertiary alicyclic amines) is 1. The summed E-state index contributed by atoms with van der Waals surface area (Å²) in [5.41, 5.74) is -2.40. The Morgan fingerprint density at radius 3 is 2.24 bits per heavy atom. The normalized spacial score (nSPS) is 17.2. The van der Waals surface area contributed by atoms with Crippen molar-refractivity contribution in [2.75, 3.05) is 13.1 Å². The summed E-state index contributed by atoms with van der Waals surface area (Å²) in [6.07, 6.45) is -2.87. The molecule has 0 bridgehead atoms. The van der Waals surface area contributed by atoms with Crippen molar-refractivity contribution in [2.24, 2.45) is 0 Å². The minimum absolute atomic E-state index is 0.111. The number of halogens is 4. The molecule has 1 heterocycles. The summed E-state index contributed by atoms with van der Waals surface area (Å²) in [6.45, 7) is 4.87. The van der Waals surface area contributed by atoms with Gasteiger partial charge in [0.25, 0.3) is 0 Å². The van der Waals surface area contributed by atoms with Gasteiger partial charge in [0.2, 0.25) is 0 Å². The smallest absolute Gasteiger partial charge is 0.292 e. The number of hydrogen-bond acceptors (Lipinski definition) is 2. The maximum atomic E-state index is 13.3. The van der Waals surface area contributed by atoms with Crippen LogP contribution in [-0.2, 0) is 6.18 Å². The highest BCUT2D eigenvalue weighted by Gasteiger charge is 2.39. The van der Waals surface area contributed by atoms with E-state index >= 15 is 0 Å².